The minimum Gasteiger partial charge on any atom is -0.340 e. The molecule has 8 nitrogen and oxygen atoms in total. The number of para-hydroxylation sites is 1. The van der Waals surface area contributed by atoms with Crippen LogP contribution in [0.15, 0.2) is 53.3 Å². The zero-order valence-corrected chi connectivity index (χ0v) is 19.0. The molecule has 32 heavy (non-hydrogen) atoms. The van der Waals surface area contributed by atoms with E-state index in [0.29, 0.717) is 23.0 Å². The molecule has 2 amide bonds. The van der Waals surface area contributed by atoms with Crippen LogP contribution in [0.2, 0.25) is 0 Å². The van der Waals surface area contributed by atoms with Gasteiger partial charge in [-0.15, -0.1) is 0 Å². The van der Waals surface area contributed by atoms with Crippen molar-refractivity contribution >= 4 is 28.7 Å². The van der Waals surface area contributed by atoms with Crippen molar-refractivity contribution in [3.8, 4) is 0 Å². The highest BCUT2D eigenvalue weighted by Gasteiger charge is 2.19. The second kappa shape index (κ2) is 9.21. The number of fused-ring (bicyclic) bond motifs is 1. The molecule has 8 heteroatoms. The number of aromatic nitrogens is 2. The predicted molar refractivity (Wildman–Crippen MR) is 126 cm³/mol. The number of benzene rings is 2. The van der Waals surface area contributed by atoms with E-state index in [2.05, 4.69) is 41.9 Å². The molecule has 0 spiro atoms. The Kier molecular flexibility index (Phi) is 6.62. The molecule has 3 aromatic rings. The smallest absolute Gasteiger partial charge is 0.262 e. The van der Waals surface area contributed by atoms with Gasteiger partial charge in [0.25, 0.3) is 17.4 Å². The van der Waals surface area contributed by atoms with Crippen molar-refractivity contribution in [1.82, 2.24) is 20.3 Å². The summed E-state index contributed by atoms with van der Waals surface area (Å²) in [7, 11) is 0. The van der Waals surface area contributed by atoms with Crippen LogP contribution in [0, 0.1) is 0 Å². The Balaban J connectivity index is 1.66. The van der Waals surface area contributed by atoms with Crippen LogP contribution in [0.5, 0.6) is 0 Å². The molecule has 0 saturated carbocycles. The van der Waals surface area contributed by atoms with Crippen molar-refractivity contribution < 1.29 is 9.59 Å². The summed E-state index contributed by atoms with van der Waals surface area (Å²) in [4.78, 5) is 42.1. The first kappa shape index (κ1) is 23.0. The SMILES string of the molecule is CCn1c(NNC(=O)C(C)NC(=O)c2ccc(C(C)(C)C)cc2)nc2ccccc2c1=O. The van der Waals surface area contributed by atoms with Crippen molar-refractivity contribution in [2.24, 2.45) is 0 Å². The lowest BCUT2D eigenvalue weighted by molar-refractivity contribution is -0.122. The number of rotatable bonds is 6. The summed E-state index contributed by atoms with van der Waals surface area (Å²) >= 11 is 0. The van der Waals surface area contributed by atoms with Crippen molar-refractivity contribution in [1.29, 1.82) is 0 Å². The molecule has 0 aliphatic carbocycles. The van der Waals surface area contributed by atoms with Gasteiger partial charge in [0.05, 0.1) is 10.9 Å². The summed E-state index contributed by atoms with van der Waals surface area (Å²) in [6.45, 7) is 10.1. The Hall–Kier alpha value is -3.68. The number of carbonyl (C=O) groups is 2. The third-order valence-corrected chi connectivity index (χ3v) is 5.23. The molecule has 0 aliphatic rings. The lowest BCUT2D eigenvalue weighted by Gasteiger charge is -2.19. The van der Waals surface area contributed by atoms with Crippen molar-refractivity contribution in [2.45, 2.75) is 52.6 Å². The molecule has 1 atom stereocenters. The number of carbonyl (C=O) groups excluding carboxylic acids is 2. The van der Waals surface area contributed by atoms with Crippen LogP contribution in [0.3, 0.4) is 0 Å². The van der Waals surface area contributed by atoms with Crippen LogP contribution >= 0.6 is 0 Å². The van der Waals surface area contributed by atoms with Crippen LogP contribution in [-0.2, 0) is 16.8 Å². The van der Waals surface area contributed by atoms with Crippen molar-refractivity contribution in [3.63, 3.8) is 0 Å². The van der Waals surface area contributed by atoms with Gasteiger partial charge in [0.2, 0.25) is 5.95 Å². The number of nitrogens with zero attached hydrogens (tertiary/aromatic N) is 2. The lowest BCUT2D eigenvalue weighted by atomic mass is 9.86. The fraction of sp³-hybridized carbons (Fsp3) is 0.333. The van der Waals surface area contributed by atoms with Gasteiger partial charge < -0.3 is 5.32 Å². The first-order valence-electron chi connectivity index (χ1n) is 10.6. The molecule has 3 rings (SSSR count). The van der Waals surface area contributed by atoms with E-state index in [0.717, 1.165) is 5.56 Å². The van der Waals surface area contributed by atoms with Gasteiger partial charge in [-0.2, -0.15) is 0 Å². The summed E-state index contributed by atoms with van der Waals surface area (Å²) < 4.78 is 1.43. The Morgan fingerprint density at radius 2 is 1.72 bits per heavy atom. The number of amides is 2. The van der Waals surface area contributed by atoms with E-state index in [1.807, 2.05) is 19.1 Å². The number of hydrazine groups is 1. The fourth-order valence-corrected chi connectivity index (χ4v) is 3.25. The number of hydrogen-bond donors (Lipinski definition) is 3. The molecule has 0 radical (unpaired) electrons. The van der Waals surface area contributed by atoms with Crippen LogP contribution in [0.4, 0.5) is 5.95 Å². The van der Waals surface area contributed by atoms with Gasteiger partial charge in [0.15, 0.2) is 0 Å². The van der Waals surface area contributed by atoms with Gasteiger partial charge in [-0.1, -0.05) is 45.0 Å². The van der Waals surface area contributed by atoms with Crippen LogP contribution in [0.25, 0.3) is 10.9 Å². The second-order valence-electron chi connectivity index (χ2n) is 8.64. The highest BCUT2D eigenvalue weighted by molar-refractivity contribution is 5.97. The molecule has 2 aromatic carbocycles. The van der Waals surface area contributed by atoms with Crippen molar-refractivity contribution in [2.75, 3.05) is 5.43 Å². The van der Waals surface area contributed by atoms with Crippen molar-refractivity contribution in [3.05, 3.63) is 70.0 Å². The topological polar surface area (TPSA) is 105 Å². The van der Waals surface area contributed by atoms with E-state index in [1.165, 1.54) is 4.57 Å². The third-order valence-electron chi connectivity index (χ3n) is 5.23. The van der Waals surface area contributed by atoms with Gasteiger partial charge in [-0.25, -0.2) is 4.98 Å². The highest BCUT2D eigenvalue weighted by atomic mass is 16.2. The van der Waals surface area contributed by atoms with E-state index in [9.17, 15) is 14.4 Å². The minimum atomic E-state index is -0.806. The average Bonchev–Trinajstić information content (AvgIpc) is 2.77. The van der Waals surface area contributed by atoms with E-state index < -0.39 is 11.9 Å². The fourth-order valence-electron chi connectivity index (χ4n) is 3.25. The minimum absolute atomic E-state index is 0.00996. The molecule has 3 N–H and O–H groups in total. The third kappa shape index (κ3) is 4.96. The molecule has 1 heterocycles. The summed E-state index contributed by atoms with van der Waals surface area (Å²) in [5.74, 6) is -0.585. The average molecular weight is 436 g/mol. The predicted octanol–water partition coefficient (Wildman–Crippen LogP) is 2.98. The van der Waals surface area contributed by atoms with Gasteiger partial charge in [-0.3, -0.25) is 29.8 Å². The largest absolute Gasteiger partial charge is 0.340 e. The molecule has 168 valence electrons. The normalized spacial score (nSPS) is 12.3. The van der Waals surface area contributed by atoms with Gasteiger partial charge in [-0.05, 0) is 49.1 Å². The second-order valence-corrected chi connectivity index (χ2v) is 8.64. The summed E-state index contributed by atoms with van der Waals surface area (Å²) in [6.07, 6.45) is 0. The Labute approximate surface area is 187 Å². The standard InChI is InChI=1S/C24H29N5O3/c1-6-29-22(32)18-9-7-8-10-19(18)26-23(29)28-27-20(30)15(2)25-21(31)16-11-13-17(14-12-16)24(3,4)5/h7-15H,6H2,1-5H3,(H,25,31)(H,26,28)(H,27,30). The van der Waals surface area contributed by atoms with E-state index in [1.54, 1.807) is 43.3 Å². The zero-order chi connectivity index (χ0) is 23.5. The molecule has 0 bridgehead atoms. The molecule has 1 aromatic heterocycles. The Bertz CT molecular complexity index is 1190. The van der Waals surface area contributed by atoms with E-state index >= 15 is 0 Å². The quantitative estimate of drug-likeness (QED) is 0.516. The maximum absolute atomic E-state index is 12.7. The maximum atomic E-state index is 12.7. The number of nitrogens with one attached hydrogen (secondary N) is 3. The molecule has 0 fully saturated rings. The number of anilines is 1. The highest BCUT2D eigenvalue weighted by Crippen LogP contribution is 2.22. The lowest BCUT2D eigenvalue weighted by Crippen LogP contribution is -2.47. The summed E-state index contributed by atoms with van der Waals surface area (Å²) in [6, 6.07) is 13.5. The number of hydrogen-bond acceptors (Lipinski definition) is 5. The zero-order valence-electron chi connectivity index (χ0n) is 19.0. The maximum Gasteiger partial charge on any atom is 0.262 e. The molecular weight excluding hydrogens is 406 g/mol. The Morgan fingerprint density at radius 3 is 2.34 bits per heavy atom. The van der Waals surface area contributed by atoms with Gasteiger partial charge >= 0.3 is 0 Å². The molecular formula is C24H29N5O3. The van der Waals surface area contributed by atoms with Crippen LogP contribution < -0.4 is 21.7 Å². The summed E-state index contributed by atoms with van der Waals surface area (Å²) in [5.41, 5.74) is 7.15. The van der Waals surface area contributed by atoms with Gasteiger partial charge in [0.1, 0.15) is 6.04 Å². The molecule has 1 unspecified atom stereocenters. The summed E-state index contributed by atoms with van der Waals surface area (Å²) in [5, 5.41) is 3.18. The van der Waals surface area contributed by atoms with Crippen LogP contribution in [-0.4, -0.2) is 27.4 Å². The Morgan fingerprint density at radius 1 is 1.06 bits per heavy atom. The van der Waals surface area contributed by atoms with Crippen LogP contribution in [0.1, 0.15) is 50.5 Å². The molecule has 0 aliphatic heterocycles. The van der Waals surface area contributed by atoms with Gasteiger partial charge in [0, 0.05) is 12.1 Å². The molecule has 0 saturated heterocycles. The first-order valence-corrected chi connectivity index (χ1v) is 10.6. The first-order chi connectivity index (χ1) is 15.1. The monoisotopic (exact) mass is 435 g/mol. The van der Waals surface area contributed by atoms with E-state index in [-0.39, 0.29) is 22.8 Å². The van der Waals surface area contributed by atoms with E-state index in [4.69, 9.17) is 0 Å².